The molecule has 0 amide bonds. The maximum atomic E-state index is 6.30. The average molecular weight is 329 g/mol. The van der Waals surface area contributed by atoms with Crippen LogP contribution < -0.4 is 4.74 Å². The lowest BCUT2D eigenvalue weighted by Crippen LogP contribution is -2.46. The third kappa shape index (κ3) is 2.85. The van der Waals surface area contributed by atoms with E-state index in [4.69, 9.17) is 16.3 Å². The highest BCUT2D eigenvalue weighted by Gasteiger charge is 2.31. The number of fused-ring (bicyclic) bond motifs is 2. The van der Waals surface area contributed by atoms with E-state index in [0.29, 0.717) is 6.61 Å². The summed E-state index contributed by atoms with van der Waals surface area (Å²) in [5, 5.41) is 0.769. The minimum absolute atomic E-state index is 0.219. The van der Waals surface area contributed by atoms with Crippen molar-refractivity contribution in [1.29, 1.82) is 0 Å². The van der Waals surface area contributed by atoms with Gasteiger partial charge in [-0.15, -0.1) is 0 Å². The third-order valence-corrected chi connectivity index (χ3v) is 5.14. The standard InChI is InChI=1S/C19H21ClN2O/c1-21-8-10-22(11-9-21)19-16-5-3-2-4-14(16)13-23-18-7-6-15(20)12-17(18)19/h2-7,12,19H,8-11,13H2,1H3. The first-order valence-corrected chi connectivity index (χ1v) is 8.53. The zero-order chi connectivity index (χ0) is 15.8. The second-order valence-electron chi connectivity index (χ2n) is 6.41. The Hall–Kier alpha value is -1.55. The first-order valence-electron chi connectivity index (χ1n) is 8.15. The predicted molar refractivity (Wildman–Crippen MR) is 93.1 cm³/mol. The quantitative estimate of drug-likeness (QED) is 0.796. The number of likely N-dealkylation sites (N-methyl/N-ethyl adjacent to an activating group) is 1. The Kier molecular flexibility index (Phi) is 4.02. The summed E-state index contributed by atoms with van der Waals surface area (Å²) in [6.07, 6.45) is 0. The molecule has 4 heteroatoms. The van der Waals surface area contributed by atoms with Crippen LogP contribution in [0.15, 0.2) is 42.5 Å². The van der Waals surface area contributed by atoms with Gasteiger partial charge in [-0.05, 0) is 36.4 Å². The predicted octanol–water partition coefficient (Wildman–Crippen LogP) is 3.57. The molecule has 4 rings (SSSR count). The number of hydrogen-bond donors (Lipinski definition) is 0. The molecule has 23 heavy (non-hydrogen) atoms. The van der Waals surface area contributed by atoms with E-state index in [1.165, 1.54) is 16.7 Å². The van der Waals surface area contributed by atoms with Gasteiger partial charge >= 0.3 is 0 Å². The van der Waals surface area contributed by atoms with Gasteiger partial charge in [-0.3, -0.25) is 4.90 Å². The fraction of sp³-hybridized carbons (Fsp3) is 0.368. The van der Waals surface area contributed by atoms with E-state index >= 15 is 0 Å². The van der Waals surface area contributed by atoms with Crippen molar-refractivity contribution in [1.82, 2.24) is 9.80 Å². The minimum Gasteiger partial charge on any atom is -0.489 e. The molecule has 0 saturated carbocycles. The smallest absolute Gasteiger partial charge is 0.125 e. The van der Waals surface area contributed by atoms with Crippen LogP contribution in [0.3, 0.4) is 0 Å². The molecule has 0 bridgehead atoms. The fourth-order valence-corrected chi connectivity index (χ4v) is 3.77. The Balaban J connectivity index is 1.83. The third-order valence-electron chi connectivity index (χ3n) is 4.90. The Labute approximate surface area is 142 Å². The fourth-order valence-electron chi connectivity index (χ4n) is 3.59. The number of piperazine rings is 1. The summed E-state index contributed by atoms with van der Waals surface area (Å²) < 4.78 is 6.08. The van der Waals surface area contributed by atoms with Gasteiger partial charge in [-0.2, -0.15) is 0 Å². The van der Waals surface area contributed by atoms with Gasteiger partial charge in [-0.1, -0.05) is 35.9 Å². The Morgan fingerprint density at radius 3 is 2.61 bits per heavy atom. The number of hydrogen-bond acceptors (Lipinski definition) is 3. The summed E-state index contributed by atoms with van der Waals surface area (Å²) in [6.45, 7) is 4.92. The number of nitrogens with zero attached hydrogens (tertiary/aromatic N) is 2. The van der Waals surface area contributed by atoms with Crippen LogP contribution >= 0.6 is 11.6 Å². The molecule has 1 saturated heterocycles. The average Bonchev–Trinajstić information content (AvgIpc) is 2.72. The van der Waals surface area contributed by atoms with E-state index in [1.807, 2.05) is 12.1 Å². The van der Waals surface area contributed by atoms with E-state index in [-0.39, 0.29) is 6.04 Å². The summed E-state index contributed by atoms with van der Waals surface area (Å²) in [5.74, 6) is 0.953. The summed E-state index contributed by atoms with van der Waals surface area (Å²) in [7, 11) is 2.19. The monoisotopic (exact) mass is 328 g/mol. The lowest BCUT2D eigenvalue weighted by molar-refractivity contribution is 0.127. The maximum Gasteiger partial charge on any atom is 0.125 e. The van der Waals surface area contributed by atoms with Gasteiger partial charge in [0.05, 0.1) is 6.04 Å². The van der Waals surface area contributed by atoms with Crippen LogP contribution in [0.4, 0.5) is 0 Å². The molecule has 2 aliphatic rings. The van der Waals surface area contributed by atoms with Gasteiger partial charge in [0, 0.05) is 36.8 Å². The number of halogens is 1. The minimum atomic E-state index is 0.219. The topological polar surface area (TPSA) is 15.7 Å². The molecule has 0 aromatic heterocycles. The van der Waals surface area contributed by atoms with Gasteiger partial charge in [0.15, 0.2) is 0 Å². The molecule has 120 valence electrons. The molecule has 2 aliphatic heterocycles. The van der Waals surface area contributed by atoms with Crippen molar-refractivity contribution in [2.24, 2.45) is 0 Å². The Morgan fingerprint density at radius 1 is 1.00 bits per heavy atom. The zero-order valence-electron chi connectivity index (χ0n) is 13.3. The number of ether oxygens (including phenoxy) is 1. The zero-order valence-corrected chi connectivity index (χ0v) is 14.1. The highest BCUT2D eigenvalue weighted by atomic mass is 35.5. The lowest BCUT2D eigenvalue weighted by atomic mass is 9.93. The molecule has 0 spiro atoms. The van der Waals surface area contributed by atoms with E-state index in [9.17, 15) is 0 Å². The van der Waals surface area contributed by atoms with Gasteiger partial charge in [-0.25, -0.2) is 0 Å². The van der Waals surface area contributed by atoms with Crippen molar-refractivity contribution in [3.8, 4) is 5.75 Å². The second kappa shape index (κ2) is 6.16. The molecule has 0 radical (unpaired) electrons. The van der Waals surface area contributed by atoms with E-state index in [1.54, 1.807) is 0 Å². The second-order valence-corrected chi connectivity index (χ2v) is 6.85. The van der Waals surface area contributed by atoms with Crippen molar-refractivity contribution in [3.63, 3.8) is 0 Å². The molecule has 2 aromatic rings. The normalized spacial score (nSPS) is 21.9. The summed E-state index contributed by atoms with van der Waals surface area (Å²) >= 11 is 6.30. The highest BCUT2D eigenvalue weighted by molar-refractivity contribution is 6.30. The molecule has 2 aromatic carbocycles. The molecule has 0 aliphatic carbocycles. The van der Waals surface area contributed by atoms with Crippen molar-refractivity contribution in [2.75, 3.05) is 33.2 Å². The van der Waals surface area contributed by atoms with Crippen LogP contribution in [0.25, 0.3) is 0 Å². The van der Waals surface area contributed by atoms with E-state index < -0.39 is 0 Å². The molecular formula is C19H21ClN2O. The first-order chi connectivity index (χ1) is 11.2. The molecule has 1 fully saturated rings. The Bertz CT molecular complexity index is 710. The van der Waals surface area contributed by atoms with Gasteiger partial charge in [0.2, 0.25) is 0 Å². The van der Waals surface area contributed by atoms with Crippen molar-refractivity contribution < 1.29 is 4.74 Å². The summed E-state index contributed by atoms with van der Waals surface area (Å²) in [5.41, 5.74) is 3.80. The van der Waals surface area contributed by atoms with Crippen LogP contribution in [-0.2, 0) is 6.61 Å². The van der Waals surface area contributed by atoms with Crippen molar-refractivity contribution in [3.05, 3.63) is 64.2 Å². The van der Waals surface area contributed by atoms with Crippen LogP contribution in [-0.4, -0.2) is 43.0 Å². The van der Waals surface area contributed by atoms with Crippen molar-refractivity contribution in [2.45, 2.75) is 12.6 Å². The molecule has 0 N–H and O–H groups in total. The lowest BCUT2D eigenvalue weighted by Gasteiger charge is -2.38. The molecule has 2 heterocycles. The van der Waals surface area contributed by atoms with E-state index in [2.05, 4.69) is 47.2 Å². The molecule has 3 nitrogen and oxygen atoms in total. The molecule has 1 unspecified atom stereocenters. The number of rotatable bonds is 1. The van der Waals surface area contributed by atoms with Crippen LogP contribution in [0, 0.1) is 0 Å². The SMILES string of the molecule is CN1CCN(C2c3ccccc3COc3ccc(Cl)cc32)CC1. The van der Waals surface area contributed by atoms with E-state index in [0.717, 1.165) is 37.0 Å². The first kappa shape index (κ1) is 15.0. The van der Waals surface area contributed by atoms with Crippen LogP contribution in [0.2, 0.25) is 5.02 Å². The van der Waals surface area contributed by atoms with Crippen LogP contribution in [0.5, 0.6) is 5.75 Å². The Morgan fingerprint density at radius 2 is 1.78 bits per heavy atom. The largest absolute Gasteiger partial charge is 0.489 e. The van der Waals surface area contributed by atoms with Gasteiger partial charge in [0.1, 0.15) is 12.4 Å². The summed E-state index contributed by atoms with van der Waals surface area (Å²) in [4.78, 5) is 4.94. The highest BCUT2D eigenvalue weighted by Crippen LogP contribution is 2.40. The summed E-state index contributed by atoms with van der Waals surface area (Å²) in [6, 6.07) is 14.8. The van der Waals surface area contributed by atoms with Gasteiger partial charge < -0.3 is 9.64 Å². The van der Waals surface area contributed by atoms with Crippen molar-refractivity contribution >= 4 is 11.6 Å². The molecule has 1 atom stereocenters. The maximum absolute atomic E-state index is 6.30. The van der Waals surface area contributed by atoms with Crippen LogP contribution in [0.1, 0.15) is 22.7 Å². The number of benzene rings is 2. The molecular weight excluding hydrogens is 308 g/mol. The van der Waals surface area contributed by atoms with Gasteiger partial charge in [0.25, 0.3) is 0 Å².